The van der Waals surface area contributed by atoms with Crippen LogP contribution >= 0.6 is 0 Å². The maximum atomic E-state index is 11.9. The lowest BCUT2D eigenvalue weighted by atomic mass is 10.1. The molecule has 1 aromatic carbocycles. The highest BCUT2D eigenvalue weighted by molar-refractivity contribution is 5.89. The lowest BCUT2D eigenvalue weighted by Gasteiger charge is -2.20. The topological polar surface area (TPSA) is 76.1 Å². The van der Waals surface area contributed by atoms with Crippen molar-refractivity contribution in [1.82, 2.24) is 15.3 Å². The molecule has 22 heavy (non-hydrogen) atoms. The van der Waals surface area contributed by atoms with Crippen molar-refractivity contribution in [2.45, 2.75) is 32.9 Å². The van der Waals surface area contributed by atoms with Gasteiger partial charge >= 0.3 is 6.03 Å². The molecule has 2 aromatic rings. The normalized spacial score (nSPS) is 10.9. The number of benzene rings is 1. The molecule has 0 aliphatic heterocycles. The van der Waals surface area contributed by atoms with Gasteiger partial charge in [0.15, 0.2) is 5.82 Å². The summed E-state index contributed by atoms with van der Waals surface area (Å²) in [6.45, 7) is 6.05. The molecular formula is C16H20N4O2. The lowest BCUT2D eigenvalue weighted by Crippen LogP contribution is -2.43. The fourth-order valence-electron chi connectivity index (χ4n) is 1.72. The van der Waals surface area contributed by atoms with E-state index >= 15 is 0 Å². The first-order valence-corrected chi connectivity index (χ1v) is 7.01. The molecule has 1 heterocycles. The number of nitrogens with zero attached hydrogens (tertiary/aromatic N) is 2. The van der Waals surface area contributed by atoms with Crippen molar-refractivity contribution < 1.29 is 9.53 Å². The van der Waals surface area contributed by atoms with E-state index in [0.717, 1.165) is 5.56 Å². The highest BCUT2D eigenvalue weighted by atomic mass is 16.5. The van der Waals surface area contributed by atoms with Gasteiger partial charge in [0.05, 0.1) is 0 Å². The maximum absolute atomic E-state index is 11.9. The van der Waals surface area contributed by atoms with E-state index in [1.807, 2.05) is 51.1 Å². The number of carbonyl (C=O) groups is 1. The summed E-state index contributed by atoms with van der Waals surface area (Å²) in [5.41, 5.74) is 0.676. The van der Waals surface area contributed by atoms with Crippen LogP contribution in [-0.2, 0) is 6.61 Å². The zero-order valence-electron chi connectivity index (χ0n) is 13.0. The number of aromatic nitrogens is 2. The van der Waals surface area contributed by atoms with E-state index < -0.39 is 0 Å². The van der Waals surface area contributed by atoms with Crippen LogP contribution in [0.3, 0.4) is 0 Å². The zero-order valence-corrected chi connectivity index (χ0v) is 13.0. The molecule has 1 aromatic heterocycles. The van der Waals surface area contributed by atoms with Crippen molar-refractivity contribution in [3.63, 3.8) is 0 Å². The predicted molar refractivity (Wildman–Crippen MR) is 84.7 cm³/mol. The van der Waals surface area contributed by atoms with E-state index in [-0.39, 0.29) is 17.5 Å². The molecule has 0 fully saturated rings. The lowest BCUT2D eigenvalue weighted by molar-refractivity contribution is 0.243. The summed E-state index contributed by atoms with van der Waals surface area (Å²) in [4.78, 5) is 20.1. The van der Waals surface area contributed by atoms with Gasteiger partial charge in [0.1, 0.15) is 6.61 Å². The third-order valence-corrected chi connectivity index (χ3v) is 2.60. The van der Waals surface area contributed by atoms with Crippen LogP contribution in [0.25, 0.3) is 0 Å². The predicted octanol–water partition coefficient (Wildman–Crippen LogP) is 2.98. The number of rotatable bonds is 4. The molecule has 0 unspecified atom stereocenters. The second-order valence-corrected chi connectivity index (χ2v) is 5.81. The van der Waals surface area contributed by atoms with Crippen LogP contribution in [0, 0.1) is 0 Å². The molecule has 0 atom stereocenters. The molecule has 0 aliphatic carbocycles. The highest BCUT2D eigenvalue weighted by Gasteiger charge is 2.16. The molecule has 0 bridgehead atoms. The van der Waals surface area contributed by atoms with Crippen molar-refractivity contribution in [2.75, 3.05) is 5.32 Å². The van der Waals surface area contributed by atoms with Gasteiger partial charge in [0, 0.05) is 17.9 Å². The standard InChI is InChI=1S/C16H20N4O2/c1-16(2,3)20-15(21)19-13-14(18-10-9-17-13)22-11-12-7-5-4-6-8-12/h4-10H,11H2,1-3H3,(H2,17,19,20,21). The van der Waals surface area contributed by atoms with Gasteiger partial charge in [-0.3, -0.25) is 5.32 Å². The van der Waals surface area contributed by atoms with Gasteiger partial charge in [-0.25, -0.2) is 14.8 Å². The summed E-state index contributed by atoms with van der Waals surface area (Å²) < 4.78 is 5.64. The SMILES string of the molecule is CC(C)(C)NC(=O)Nc1nccnc1OCc1ccccc1. The van der Waals surface area contributed by atoms with Crippen LogP contribution in [0.5, 0.6) is 5.88 Å². The van der Waals surface area contributed by atoms with Crippen LogP contribution in [0.4, 0.5) is 10.6 Å². The number of amides is 2. The molecule has 6 nitrogen and oxygen atoms in total. The van der Waals surface area contributed by atoms with Gasteiger partial charge in [-0.05, 0) is 26.3 Å². The molecule has 2 amide bonds. The van der Waals surface area contributed by atoms with Gasteiger partial charge in [-0.1, -0.05) is 30.3 Å². The first-order chi connectivity index (χ1) is 10.4. The Morgan fingerprint density at radius 2 is 1.82 bits per heavy atom. The molecule has 2 rings (SSSR count). The molecular weight excluding hydrogens is 280 g/mol. The van der Waals surface area contributed by atoms with Crippen molar-refractivity contribution in [3.05, 3.63) is 48.3 Å². The largest absolute Gasteiger partial charge is 0.470 e. The molecule has 6 heteroatoms. The van der Waals surface area contributed by atoms with E-state index in [4.69, 9.17) is 4.74 Å². The molecule has 0 radical (unpaired) electrons. The Morgan fingerprint density at radius 3 is 2.50 bits per heavy atom. The number of hydrogen-bond acceptors (Lipinski definition) is 4. The Morgan fingerprint density at radius 1 is 1.14 bits per heavy atom. The third kappa shape index (κ3) is 5.05. The molecule has 0 aliphatic rings. The van der Waals surface area contributed by atoms with Gasteiger partial charge in [0.2, 0.25) is 0 Å². The minimum Gasteiger partial charge on any atom is -0.470 e. The molecule has 2 N–H and O–H groups in total. The van der Waals surface area contributed by atoms with E-state index in [9.17, 15) is 4.79 Å². The Hall–Kier alpha value is -2.63. The quantitative estimate of drug-likeness (QED) is 0.910. The van der Waals surface area contributed by atoms with Gasteiger partial charge in [-0.15, -0.1) is 0 Å². The number of ether oxygens (including phenoxy) is 1. The fourth-order valence-corrected chi connectivity index (χ4v) is 1.72. The minimum absolute atomic E-state index is 0.287. The smallest absolute Gasteiger partial charge is 0.320 e. The van der Waals surface area contributed by atoms with Crippen molar-refractivity contribution in [2.24, 2.45) is 0 Å². The van der Waals surface area contributed by atoms with E-state index in [0.29, 0.717) is 12.4 Å². The maximum Gasteiger partial charge on any atom is 0.320 e. The number of hydrogen-bond donors (Lipinski definition) is 2. The van der Waals surface area contributed by atoms with E-state index in [2.05, 4.69) is 20.6 Å². The van der Waals surface area contributed by atoms with Gasteiger partial charge in [-0.2, -0.15) is 0 Å². The fraction of sp³-hybridized carbons (Fsp3) is 0.312. The van der Waals surface area contributed by atoms with Crippen molar-refractivity contribution >= 4 is 11.8 Å². The number of carbonyl (C=O) groups excluding carboxylic acids is 1. The van der Waals surface area contributed by atoms with Crippen LogP contribution in [-0.4, -0.2) is 21.5 Å². The van der Waals surface area contributed by atoms with E-state index in [1.54, 1.807) is 0 Å². The Balaban J connectivity index is 2.02. The van der Waals surface area contributed by atoms with Crippen LogP contribution in [0.15, 0.2) is 42.7 Å². The number of nitrogens with one attached hydrogen (secondary N) is 2. The zero-order chi connectivity index (χ0) is 16.0. The van der Waals surface area contributed by atoms with Crippen LogP contribution in [0.1, 0.15) is 26.3 Å². The highest BCUT2D eigenvalue weighted by Crippen LogP contribution is 2.19. The summed E-state index contributed by atoms with van der Waals surface area (Å²) in [5, 5.41) is 5.45. The molecule has 0 saturated carbocycles. The third-order valence-electron chi connectivity index (χ3n) is 2.60. The monoisotopic (exact) mass is 300 g/mol. The minimum atomic E-state index is -0.349. The first kappa shape index (κ1) is 15.8. The summed E-state index contributed by atoms with van der Waals surface area (Å²) in [7, 11) is 0. The average Bonchev–Trinajstić information content (AvgIpc) is 2.45. The summed E-state index contributed by atoms with van der Waals surface area (Å²) in [6, 6.07) is 9.37. The summed E-state index contributed by atoms with van der Waals surface area (Å²) >= 11 is 0. The second-order valence-electron chi connectivity index (χ2n) is 5.81. The van der Waals surface area contributed by atoms with Gasteiger partial charge < -0.3 is 10.1 Å². The number of anilines is 1. The Kier molecular flexibility index (Phi) is 4.93. The molecule has 0 saturated heterocycles. The Bertz CT molecular complexity index is 624. The van der Waals surface area contributed by atoms with Crippen molar-refractivity contribution in [3.8, 4) is 5.88 Å². The summed E-state index contributed by atoms with van der Waals surface area (Å²) in [5.74, 6) is 0.579. The average molecular weight is 300 g/mol. The van der Waals surface area contributed by atoms with Crippen LogP contribution < -0.4 is 15.4 Å². The molecule has 116 valence electrons. The van der Waals surface area contributed by atoms with Crippen LogP contribution in [0.2, 0.25) is 0 Å². The number of urea groups is 1. The van der Waals surface area contributed by atoms with Crippen molar-refractivity contribution in [1.29, 1.82) is 0 Å². The van der Waals surface area contributed by atoms with E-state index in [1.165, 1.54) is 12.4 Å². The summed E-state index contributed by atoms with van der Waals surface area (Å²) in [6.07, 6.45) is 3.02. The first-order valence-electron chi connectivity index (χ1n) is 7.01. The molecule has 0 spiro atoms. The van der Waals surface area contributed by atoms with Gasteiger partial charge in [0.25, 0.3) is 5.88 Å². The Labute approximate surface area is 129 Å². The second kappa shape index (κ2) is 6.89.